The first-order chi connectivity index (χ1) is 13.6. The number of ketones is 1. The predicted octanol–water partition coefficient (Wildman–Crippen LogP) is 4.65. The zero-order valence-electron chi connectivity index (χ0n) is 15.5. The molecule has 2 aliphatic rings. The van der Waals surface area contributed by atoms with Crippen molar-refractivity contribution in [2.75, 3.05) is 5.32 Å². The minimum Gasteiger partial charge on any atom is -0.508 e. The number of nitrogens with zero attached hydrogens (tertiary/aromatic N) is 1. The molecule has 140 valence electrons. The highest BCUT2D eigenvalue weighted by atomic mass is 16.5. The number of Topliss-reactive ketones (excluding diaryl/α,β-unsaturated/α-hetero) is 1. The van der Waals surface area contributed by atoms with Crippen molar-refractivity contribution in [1.82, 2.24) is 5.16 Å². The van der Waals surface area contributed by atoms with E-state index in [1.807, 2.05) is 49.4 Å². The van der Waals surface area contributed by atoms with Crippen LogP contribution in [0.2, 0.25) is 0 Å². The molecule has 0 bridgehead atoms. The minimum atomic E-state index is -0.184. The average molecular weight is 372 g/mol. The Morgan fingerprint density at radius 1 is 1.07 bits per heavy atom. The summed E-state index contributed by atoms with van der Waals surface area (Å²) in [6, 6.07) is 17.3. The first kappa shape index (κ1) is 16.8. The predicted molar refractivity (Wildman–Crippen MR) is 105 cm³/mol. The van der Waals surface area contributed by atoms with Crippen molar-refractivity contribution in [2.24, 2.45) is 0 Å². The van der Waals surface area contributed by atoms with Crippen LogP contribution in [0.3, 0.4) is 0 Å². The van der Waals surface area contributed by atoms with Crippen LogP contribution in [0.25, 0.3) is 0 Å². The Bertz CT molecular complexity index is 1100. The second-order valence-electron chi connectivity index (χ2n) is 7.46. The number of anilines is 1. The van der Waals surface area contributed by atoms with Crippen molar-refractivity contribution < 1.29 is 14.4 Å². The third-order valence-corrected chi connectivity index (χ3v) is 5.77. The SMILES string of the molecule is Cc1noc2c1[C@@H](c1ccccc1)C1=C(C[C@H](c3ccccc3O)CC1=O)N2. The van der Waals surface area contributed by atoms with Gasteiger partial charge < -0.3 is 14.9 Å². The molecule has 0 unspecified atom stereocenters. The number of hydrogen-bond acceptors (Lipinski definition) is 5. The number of phenolic OH excluding ortho intramolecular Hbond substituents is 1. The van der Waals surface area contributed by atoms with Gasteiger partial charge in [-0.2, -0.15) is 0 Å². The van der Waals surface area contributed by atoms with Crippen LogP contribution in [0.15, 0.2) is 70.4 Å². The van der Waals surface area contributed by atoms with Gasteiger partial charge in [0.1, 0.15) is 5.75 Å². The van der Waals surface area contributed by atoms with Gasteiger partial charge in [-0.25, -0.2) is 0 Å². The smallest absolute Gasteiger partial charge is 0.233 e. The quantitative estimate of drug-likeness (QED) is 0.685. The van der Waals surface area contributed by atoms with Crippen molar-refractivity contribution in [3.63, 3.8) is 0 Å². The lowest BCUT2D eigenvalue weighted by molar-refractivity contribution is -0.116. The Morgan fingerprint density at radius 2 is 1.82 bits per heavy atom. The second kappa shape index (κ2) is 6.37. The van der Waals surface area contributed by atoms with E-state index in [1.165, 1.54) is 0 Å². The van der Waals surface area contributed by atoms with Crippen molar-refractivity contribution >= 4 is 11.7 Å². The Balaban J connectivity index is 1.63. The van der Waals surface area contributed by atoms with E-state index in [0.717, 1.165) is 33.7 Å². The van der Waals surface area contributed by atoms with Crippen LogP contribution >= 0.6 is 0 Å². The number of rotatable bonds is 2. The first-order valence-corrected chi connectivity index (χ1v) is 9.45. The zero-order chi connectivity index (χ0) is 19.3. The van der Waals surface area contributed by atoms with Gasteiger partial charge in [-0.1, -0.05) is 53.7 Å². The van der Waals surface area contributed by atoms with E-state index in [4.69, 9.17) is 4.52 Å². The van der Waals surface area contributed by atoms with Gasteiger partial charge >= 0.3 is 0 Å². The average Bonchev–Trinajstić information content (AvgIpc) is 3.08. The molecule has 0 spiro atoms. The summed E-state index contributed by atoms with van der Waals surface area (Å²) in [6.07, 6.45) is 1.02. The maximum absolute atomic E-state index is 13.3. The Labute approximate surface area is 162 Å². The molecule has 5 heteroatoms. The number of aromatic hydroxyl groups is 1. The molecule has 2 aromatic carbocycles. The highest BCUT2D eigenvalue weighted by Crippen LogP contribution is 2.49. The fraction of sp³-hybridized carbons (Fsp3) is 0.217. The Kier molecular flexibility index (Phi) is 3.83. The lowest BCUT2D eigenvalue weighted by Gasteiger charge is -2.34. The molecule has 1 aromatic heterocycles. The monoisotopic (exact) mass is 372 g/mol. The number of aromatic nitrogens is 1. The van der Waals surface area contributed by atoms with Crippen molar-refractivity contribution in [1.29, 1.82) is 0 Å². The van der Waals surface area contributed by atoms with Crippen LogP contribution in [0.5, 0.6) is 5.75 Å². The van der Waals surface area contributed by atoms with Crippen LogP contribution in [0.1, 0.15) is 47.1 Å². The molecular weight excluding hydrogens is 352 g/mol. The molecular formula is C23H20N2O3. The molecule has 5 rings (SSSR count). The normalized spacial score (nSPS) is 21.1. The summed E-state index contributed by atoms with van der Waals surface area (Å²) >= 11 is 0. The maximum Gasteiger partial charge on any atom is 0.233 e. The standard InChI is InChI=1S/C23H20N2O3/c1-13-20-21(14-7-3-2-4-8-14)22-17(24-23(20)28-25-13)11-15(12-19(22)27)16-9-5-6-10-18(16)26/h2-10,15,21,24,26H,11-12H2,1H3/t15-,21+/m0/s1. The lowest BCUT2D eigenvalue weighted by Crippen LogP contribution is -2.29. The van der Waals surface area contributed by atoms with Gasteiger partial charge in [0.15, 0.2) is 5.78 Å². The van der Waals surface area contributed by atoms with Gasteiger partial charge in [-0.3, -0.25) is 4.79 Å². The summed E-state index contributed by atoms with van der Waals surface area (Å²) in [4.78, 5) is 13.3. The molecule has 0 saturated heterocycles. The third kappa shape index (κ3) is 2.54. The van der Waals surface area contributed by atoms with Crippen LogP contribution in [-0.4, -0.2) is 16.0 Å². The minimum absolute atomic E-state index is 0.0676. The van der Waals surface area contributed by atoms with E-state index in [0.29, 0.717) is 18.7 Å². The number of allylic oxidation sites excluding steroid dienone is 2. The number of carbonyl (C=O) groups is 1. The third-order valence-electron chi connectivity index (χ3n) is 5.77. The van der Waals surface area contributed by atoms with Gasteiger partial charge in [0.05, 0.1) is 11.3 Å². The number of benzene rings is 2. The molecule has 0 saturated carbocycles. The van der Waals surface area contributed by atoms with E-state index in [-0.39, 0.29) is 23.4 Å². The maximum atomic E-state index is 13.3. The molecule has 1 aliphatic carbocycles. The van der Waals surface area contributed by atoms with Crippen LogP contribution < -0.4 is 5.32 Å². The molecule has 0 amide bonds. The van der Waals surface area contributed by atoms with E-state index >= 15 is 0 Å². The van der Waals surface area contributed by atoms with Gasteiger partial charge in [0, 0.05) is 29.5 Å². The molecule has 2 N–H and O–H groups in total. The molecule has 5 nitrogen and oxygen atoms in total. The molecule has 2 atom stereocenters. The highest BCUT2D eigenvalue weighted by molar-refractivity contribution is 6.01. The van der Waals surface area contributed by atoms with Crippen LogP contribution in [-0.2, 0) is 4.79 Å². The number of nitrogens with one attached hydrogen (secondary N) is 1. The largest absolute Gasteiger partial charge is 0.508 e. The topological polar surface area (TPSA) is 75.4 Å². The summed E-state index contributed by atoms with van der Waals surface area (Å²) in [7, 11) is 0. The van der Waals surface area contributed by atoms with Crippen molar-refractivity contribution in [3.05, 3.63) is 88.3 Å². The molecule has 0 radical (unpaired) electrons. The highest BCUT2D eigenvalue weighted by Gasteiger charge is 2.41. The van der Waals surface area contributed by atoms with E-state index in [1.54, 1.807) is 12.1 Å². The summed E-state index contributed by atoms with van der Waals surface area (Å²) in [6.45, 7) is 1.91. The fourth-order valence-electron chi connectivity index (χ4n) is 4.50. The van der Waals surface area contributed by atoms with Gasteiger partial charge in [-0.05, 0) is 30.5 Å². The van der Waals surface area contributed by atoms with Gasteiger partial charge in [-0.15, -0.1) is 0 Å². The van der Waals surface area contributed by atoms with Crippen molar-refractivity contribution in [3.8, 4) is 5.75 Å². The van der Waals surface area contributed by atoms with E-state index in [2.05, 4.69) is 10.5 Å². The van der Waals surface area contributed by atoms with Crippen LogP contribution in [0.4, 0.5) is 5.88 Å². The van der Waals surface area contributed by atoms with Crippen molar-refractivity contribution in [2.45, 2.75) is 31.6 Å². The number of para-hydroxylation sites is 1. The Morgan fingerprint density at radius 3 is 2.61 bits per heavy atom. The number of phenols is 1. The summed E-state index contributed by atoms with van der Waals surface area (Å²) < 4.78 is 5.53. The molecule has 0 fully saturated rings. The second-order valence-corrected chi connectivity index (χ2v) is 7.46. The first-order valence-electron chi connectivity index (χ1n) is 9.45. The number of carbonyl (C=O) groups excluding carboxylic acids is 1. The number of hydrogen-bond donors (Lipinski definition) is 2. The summed E-state index contributed by atoms with van der Waals surface area (Å²) in [5, 5.41) is 17.7. The number of fused-ring (bicyclic) bond motifs is 1. The van der Waals surface area contributed by atoms with Gasteiger partial charge in [0.25, 0.3) is 0 Å². The van der Waals surface area contributed by atoms with E-state index in [9.17, 15) is 9.90 Å². The molecule has 2 heterocycles. The summed E-state index contributed by atoms with van der Waals surface area (Å²) in [5.74, 6) is 0.687. The molecule has 1 aliphatic heterocycles. The summed E-state index contributed by atoms with van der Waals surface area (Å²) in [5.41, 5.74) is 5.23. The molecule has 28 heavy (non-hydrogen) atoms. The van der Waals surface area contributed by atoms with Crippen LogP contribution in [0, 0.1) is 6.92 Å². The number of aryl methyl sites for hydroxylation is 1. The zero-order valence-corrected chi connectivity index (χ0v) is 15.5. The molecule has 3 aromatic rings. The fourth-order valence-corrected chi connectivity index (χ4v) is 4.50. The Hall–Kier alpha value is -3.34. The van der Waals surface area contributed by atoms with Gasteiger partial charge in [0.2, 0.25) is 5.88 Å². The lowest BCUT2D eigenvalue weighted by atomic mass is 9.72. The van der Waals surface area contributed by atoms with E-state index < -0.39 is 0 Å².